The normalized spacial score (nSPS) is 15.0. The molecule has 0 aliphatic carbocycles. The minimum Gasteiger partial charge on any atom is -0.352 e. The second-order valence-electron chi connectivity index (χ2n) is 4.83. The summed E-state index contributed by atoms with van der Waals surface area (Å²) in [6, 6.07) is 1.67. The standard InChI is InChI=1S/C14H13Cl2N5O/c15-10-7-11(16)13(19-8-10)20-3-5-21(6-4-20)14(22)12-9-17-1-2-18-12/h1-2,7-9H,3-6H2. The Hall–Kier alpha value is -1.92. The summed E-state index contributed by atoms with van der Waals surface area (Å²) in [6.45, 7) is 2.47. The fourth-order valence-corrected chi connectivity index (χ4v) is 2.83. The highest BCUT2D eigenvalue weighted by atomic mass is 35.5. The first-order valence-electron chi connectivity index (χ1n) is 6.76. The largest absolute Gasteiger partial charge is 0.352 e. The zero-order chi connectivity index (χ0) is 15.5. The molecule has 2 aromatic heterocycles. The Morgan fingerprint density at radius 2 is 1.82 bits per heavy atom. The van der Waals surface area contributed by atoms with Gasteiger partial charge < -0.3 is 9.80 Å². The van der Waals surface area contributed by atoms with Gasteiger partial charge >= 0.3 is 0 Å². The highest BCUT2D eigenvalue weighted by Gasteiger charge is 2.24. The molecule has 22 heavy (non-hydrogen) atoms. The van der Waals surface area contributed by atoms with Gasteiger partial charge in [-0.05, 0) is 6.07 Å². The van der Waals surface area contributed by atoms with Gasteiger partial charge in [0.05, 0.1) is 16.2 Å². The average Bonchev–Trinajstić information content (AvgIpc) is 2.55. The van der Waals surface area contributed by atoms with Crippen molar-refractivity contribution in [3.63, 3.8) is 0 Å². The Balaban J connectivity index is 1.66. The molecule has 6 nitrogen and oxygen atoms in total. The summed E-state index contributed by atoms with van der Waals surface area (Å²) in [5.41, 5.74) is 0.360. The Kier molecular flexibility index (Phi) is 4.40. The predicted molar refractivity (Wildman–Crippen MR) is 84.4 cm³/mol. The van der Waals surface area contributed by atoms with Crippen molar-refractivity contribution in [1.29, 1.82) is 0 Å². The van der Waals surface area contributed by atoms with Crippen LogP contribution in [-0.4, -0.2) is 51.9 Å². The lowest BCUT2D eigenvalue weighted by molar-refractivity contribution is 0.0740. The fourth-order valence-electron chi connectivity index (χ4n) is 2.33. The van der Waals surface area contributed by atoms with Gasteiger partial charge in [-0.2, -0.15) is 0 Å². The zero-order valence-electron chi connectivity index (χ0n) is 11.6. The summed E-state index contributed by atoms with van der Waals surface area (Å²) in [6.07, 6.45) is 6.11. The van der Waals surface area contributed by atoms with Crippen LogP contribution in [0.2, 0.25) is 10.0 Å². The van der Waals surface area contributed by atoms with E-state index in [1.54, 1.807) is 23.4 Å². The maximum atomic E-state index is 12.3. The molecule has 0 unspecified atom stereocenters. The third kappa shape index (κ3) is 3.13. The molecule has 0 atom stereocenters. The molecular formula is C14H13Cl2N5O. The number of nitrogens with zero attached hydrogens (tertiary/aromatic N) is 5. The topological polar surface area (TPSA) is 62.2 Å². The van der Waals surface area contributed by atoms with E-state index in [0.717, 1.165) is 0 Å². The molecule has 3 rings (SSSR count). The van der Waals surface area contributed by atoms with Crippen molar-refractivity contribution in [3.8, 4) is 0 Å². The molecule has 3 heterocycles. The van der Waals surface area contributed by atoms with E-state index >= 15 is 0 Å². The quantitative estimate of drug-likeness (QED) is 0.840. The smallest absolute Gasteiger partial charge is 0.274 e. The van der Waals surface area contributed by atoms with Crippen molar-refractivity contribution < 1.29 is 4.79 Å². The second-order valence-corrected chi connectivity index (χ2v) is 5.67. The third-order valence-corrected chi connectivity index (χ3v) is 3.92. The van der Waals surface area contributed by atoms with E-state index in [1.807, 2.05) is 4.90 Å². The SMILES string of the molecule is O=C(c1cnccn1)N1CCN(c2ncc(Cl)cc2Cl)CC1. The van der Waals surface area contributed by atoms with Gasteiger partial charge in [0.15, 0.2) is 0 Å². The molecule has 0 N–H and O–H groups in total. The molecule has 1 aliphatic rings. The molecule has 0 radical (unpaired) electrons. The lowest BCUT2D eigenvalue weighted by Gasteiger charge is -2.35. The van der Waals surface area contributed by atoms with Gasteiger partial charge in [-0.15, -0.1) is 0 Å². The third-order valence-electron chi connectivity index (χ3n) is 3.44. The Bertz CT molecular complexity index is 674. The van der Waals surface area contributed by atoms with Gasteiger partial charge in [-0.3, -0.25) is 9.78 Å². The number of hydrogen-bond acceptors (Lipinski definition) is 5. The summed E-state index contributed by atoms with van der Waals surface area (Å²) in [7, 11) is 0. The maximum absolute atomic E-state index is 12.3. The number of aromatic nitrogens is 3. The summed E-state index contributed by atoms with van der Waals surface area (Å²) < 4.78 is 0. The number of anilines is 1. The summed E-state index contributed by atoms with van der Waals surface area (Å²) in [5, 5.41) is 1.02. The minimum atomic E-state index is -0.108. The molecule has 0 bridgehead atoms. The van der Waals surface area contributed by atoms with Crippen LogP contribution in [-0.2, 0) is 0 Å². The van der Waals surface area contributed by atoms with Crippen molar-refractivity contribution in [2.45, 2.75) is 0 Å². The monoisotopic (exact) mass is 337 g/mol. The maximum Gasteiger partial charge on any atom is 0.274 e. The average molecular weight is 338 g/mol. The molecule has 2 aromatic rings. The van der Waals surface area contributed by atoms with E-state index < -0.39 is 0 Å². The van der Waals surface area contributed by atoms with Gasteiger partial charge in [0.1, 0.15) is 11.5 Å². The minimum absolute atomic E-state index is 0.108. The molecule has 1 saturated heterocycles. The van der Waals surface area contributed by atoms with Crippen molar-refractivity contribution >= 4 is 34.9 Å². The molecule has 1 fully saturated rings. The first kappa shape index (κ1) is 15.0. The van der Waals surface area contributed by atoms with E-state index in [1.165, 1.54) is 12.4 Å². The molecule has 0 saturated carbocycles. The number of hydrogen-bond donors (Lipinski definition) is 0. The van der Waals surface area contributed by atoms with Crippen molar-refractivity contribution in [2.24, 2.45) is 0 Å². The van der Waals surface area contributed by atoms with Gasteiger partial charge in [0, 0.05) is 44.8 Å². The summed E-state index contributed by atoms with van der Waals surface area (Å²) in [5.74, 6) is 0.584. The molecule has 8 heteroatoms. The molecule has 0 spiro atoms. The summed E-state index contributed by atoms with van der Waals surface area (Å²) in [4.78, 5) is 28.3. The fraction of sp³-hybridized carbons (Fsp3) is 0.286. The molecular weight excluding hydrogens is 325 g/mol. The van der Waals surface area contributed by atoms with E-state index in [2.05, 4.69) is 15.0 Å². The van der Waals surface area contributed by atoms with Gasteiger partial charge in [-0.1, -0.05) is 23.2 Å². The van der Waals surface area contributed by atoms with Crippen molar-refractivity contribution in [1.82, 2.24) is 19.9 Å². The number of amides is 1. The van der Waals surface area contributed by atoms with Crippen LogP contribution in [0.1, 0.15) is 10.5 Å². The van der Waals surface area contributed by atoms with E-state index in [0.29, 0.717) is 47.7 Å². The molecule has 1 aliphatic heterocycles. The van der Waals surface area contributed by atoms with Crippen LogP contribution in [0.3, 0.4) is 0 Å². The van der Waals surface area contributed by atoms with Crippen LogP contribution in [0.4, 0.5) is 5.82 Å². The van der Waals surface area contributed by atoms with Crippen molar-refractivity contribution in [2.75, 3.05) is 31.1 Å². The van der Waals surface area contributed by atoms with Crippen LogP contribution < -0.4 is 4.90 Å². The van der Waals surface area contributed by atoms with E-state index in [4.69, 9.17) is 23.2 Å². The van der Waals surface area contributed by atoms with Gasteiger partial charge in [0.2, 0.25) is 0 Å². The second kappa shape index (κ2) is 6.46. The Labute approximate surface area is 137 Å². The van der Waals surface area contributed by atoms with E-state index in [9.17, 15) is 4.79 Å². The van der Waals surface area contributed by atoms with E-state index in [-0.39, 0.29) is 5.91 Å². The van der Waals surface area contributed by atoms with Crippen LogP contribution >= 0.6 is 23.2 Å². The number of carbonyl (C=O) groups is 1. The number of carbonyl (C=O) groups excluding carboxylic acids is 1. The zero-order valence-corrected chi connectivity index (χ0v) is 13.1. The number of rotatable bonds is 2. The lowest BCUT2D eigenvalue weighted by atomic mass is 10.2. The van der Waals surface area contributed by atoms with Crippen LogP contribution in [0.15, 0.2) is 30.9 Å². The van der Waals surface area contributed by atoms with Crippen LogP contribution in [0.5, 0.6) is 0 Å². The molecule has 1 amide bonds. The molecule has 114 valence electrons. The summed E-state index contributed by atoms with van der Waals surface area (Å²) >= 11 is 12.0. The molecule has 0 aromatic carbocycles. The lowest BCUT2D eigenvalue weighted by Crippen LogP contribution is -2.49. The van der Waals surface area contributed by atoms with Crippen LogP contribution in [0, 0.1) is 0 Å². The van der Waals surface area contributed by atoms with Crippen LogP contribution in [0.25, 0.3) is 0 Å². The predicted octanol–water partition coefficient (Wildman–Crippen LogP) is 2.14. The highest BCUT2D eigenvalue weighted by molar-refractivity contribution is 6.36. The number of pyridine rings is 1. The Morgan fingerprint density at radius 3 is 2.45 bits per heavy atom. The number of halogens is 2. The van der Waals surface area contributed by atoms with Crippen molar-refractivity contribution in [3.05, 3.63) is 46.6 Å². The Morgan fingerprint density at radius 1 is 1.05 bits per heavy atom. The van der Waals surface area contributed by atoms with Gasteiger partial charge in [-0.25, -0.2) is 9.97 Å². The number of piperazine rings is 1. The first-order valence-corrected chi connectivity index (χ1v) is 7.52. The highest BCUT2D eigenvalue weighted by Crippen LogP contribution is 2.26. The van der Waals surface area contributed by atoms with Gasteiger partial charge in [0.25, 0.3) is 5.91 Å². The first-order chi connectivity index (χ1) is 10.6.